The van der Waals surface area contributed by atoms with Crippen LogP contribution in [0, 0.1) is 5.92 Å². The van der Waals surface area contributed by atoms with Gasteiger partial charge in [0, 0.05) is 6.54 Å². The van der Waals surface area contributed by atoms with Gasteiger partial charge in [0.1, 0.15) is 12.4 Å². The van der Waals surface area contributed by atoms with Crippen molar-refractivity contribution in [2.75, 3.05) is 20.6 Å². The molecule has 0 aliphatic heterocycles. The Bertz CT molecular complexity index is 957. The highest BCUT2D eigenvalue weighted by molar-refractivity contribution is 5.64. The number of rotatable bonds is 7. The fourth-order valence-electron chi connectivity index (χ4n) is 4.46. The van der Waals surface area contributed by atoms with Crippen molar-refractivity contribution in [3.63, 3.8) is 0 Å². The zero-order chi connectivity index (χ0) is 20.9. The summed E-state index contributed by atoms with van der Waals surface area (Å²) in [6.45, 7) is 3.97. The Kier molecular flexibility index (Phi) is 6.54. The van der Waals surface area contributed by atoms with Crippen molar-refractivity contribution in [2.24, 2.45) is 5.92 Å². The van der Waals surface area contributed by atoms with Crippen LogP contribution in [0.4, 0.5) is 0 Å². The van der Waals surface area contributed by atoms with E-state index >= 15 is 0 Å². The van der Waals surface area contributed by atoms with Gasteiger partial charge < -0.3 is 9.64 Å². The Morgan fingerprint density at radius 2 is 1.50 bits per heavy atom. The van der Waals surface area contributed by atoms with Crippen LogP contribution in [-0.4, -0.2) is 25.5 Å². The van der Waals surface area contributed by atoms with Gasteiger partial charge in [0.2, 0.25) is 0 Å². The molecule has 0 fully saturated rings. The maximum absolute atomic E-state index is 6.12. The maximum atomic E-state index is 6.12. The van der Waals surface area contributed by atoms with Gasteiger partial charge in [-0.25, -0.2) is 0 Å². The van der Waals surface area contributed by atoms with E-state index in [0.717, 1.165) is 24.5 Å². The normalized spacial score (nSPS) is 15.8. The molecule has 0 radical (unpaired) electrons. The van der Waals surface area contributed by atoms with E-state index in [0.29, 0.717) is 6.61 Å². The zero-order valence-electron chi connectivity index (χ0n) is 18.5. The standard InChI is InChI=1S/C28H33NO/c1-4-21-5-10-24(11-6-21)25-12-7-22(8-13-25)20-30-28-16-15-26-17-23(19-29(2)3)9-14-27(26)18-28/h5-8,10-13,15-16,18,23H,4,9,14,17,19-20H2,1-3H3. The predicted octanol–water partition coefficient (Wildman–Crippen LogP) is 6.16. The van der Waals surface area contributed by atoms with Gasteiger partial charge in [-0.15, -0.1) is 0 Å². The summed E-state index contributed by atoms with van der Waals surface area (Å²) in [5.41, 5.74) is 8.06. The lowest BCUT2D eigenvalue weighted by molar-refractivity contribution is 0.297. The first-order chi connectivity index (χ1) is 14.6. The average Bonchev–Trinajstić information content (AvgIpc) is 2.77. The molecule has 0 saturated heterocycles. The summed E-state index contributed by atoms with van der Waals surface area (Å²) in [6.07, 6.45) is 4.70. The SMILES string of the molecule is CCc1ccc(-c2ccc(COc3ccc4c(c3)CCC(CN(C)C)C4)cc2)cc1. The van der Waals surface area contributed by atoms with Gasteiger partial charge in [-0.2, -0.15) is 0 Å². The Morgan fingerprint density at radius 1 is 0.833 bits per heavy atom. The molecule has 4 rings (SSSR count). The van der Waals surface area contributed by atoms with Gasteiger partial charge in [0.15, 0.2) is 0 Å². The molecule has 156 valence electrons. The highest BCUT2D eigenvalue weighted by Crippen LogP contribution is 2.29. The molecule has 0 spiro atoms. The molecular formula is C28H33NO. The van der Waals surface area contributed by atoms with Crippen LogP contribution in [0.25, 0.3) is 11.1 Å². The summed E-state index contributed by atoms with van der Waals surface area (Å²) in [5.74, 6) is 1.76. The first-order valence-corrected chi connectivity index (χ1v) is 11.2. The Hall–Kier alpha value is -2.58. The Morgan fingerprint density at radius 3 is 2.13 bits per heavy atom. The Balaban J connectivity index is 1.36. The van der Waals surface area contributed by atoms with E-state index in [1.807, 2.05) is 0 Å². The summed E-state index contributed by atoms with van der Waals surface area (Å²) in [4.78, 5) is 2.30. The number of hydrogen-bond donors (Lipinski definition) is 0. The highest BCUT2D eigenvalue weighted by Gasteiger charge is 2.19. The molecule has 0 saturated carbocycles. The number of ether oxygens (including phenoxy) is 1. The topological polar surface area (TPSA) is 12.5 Å². The monoisotopic (exact) mass is 399 g/mol. The van der Waals surface area contributed by atoms with E-state index in [1.165, 1.54) is 52.8 Å². The van der Waals surface area contributed by atoms with Crippen molar-refractivity contribution in [1.29, 1.82) is 0 Å². The first-order valence-electron chi connectivity index (χ1n) is 11.2. The van der Waals surface area contributed by atoms with E-state index in [-0.39, 0.29) is 0 Å². The second kappa shape index (κ2) is 9.49. The summed E-state index contributed by atoms with van der Waals surface area (Å²) >= 11 is 0. The van der Waals surface area contributed by atoms with Crippen LogP contribution >= 0.6 is 0 Å². The molecule has 3 aromatic rings. The lowest BCUT2D eigenvalue weighted by Gasteiger charge is -2.27. The summed E-state index contributed by atoms with van der Waals surface area (Å²) in [7, 11) is 4.34. The zero-order valence-corrected chi connectivity index (χ0v) is 18.5. The molecule has 1 unspecified atom stereocenters. The molecule has 2 nitrogen and oxygen atoms in total. The maximum Gasteiger partial charge on any atom is 0.120 e. The van der Waals surface area contributed by atoms with Crippen LogP contribution in [0.2, 0.25) is 0 Å². The summed E-state index contributed by atoms with van der Waals surface area (Å²) in [5, 5.41) is 0. The molecule has 1 aliphatic rings. The second-order valence-corrected chi connectivity index (χ2v) is 8.84. The van der Waals surface area contributed by atoms with E-state index in [4.69, 9.17) is 4.74 Å². The van der Waals surface area contributed by atoms with Crippen molar-refractivity contribution >= 4 is 0 Å². The Labute approximate surface area is 181 Å². The molecule has 0 amide bonds. The van der Waals surface area contributed by atoms with Crippen molar-refractivity contribution in [2.45, 2.75) is 39.2 Å². The lowest BCUT2D eigenvalue weighted by Crippen LogP contribution is -2.26. The van der Waals surface area contributed by atoms with Crippen LogP contribution in [-0.2, 0) is 25.9 Å². The molecule has 2 heteroatoms. The van der Waals surface area contributed by atoms with Gasteiger partial charge in [0.05, 0.1) is 0 Å². The smallest absolute Gasteiger partial charge is 0.120 e. The molecule has 0 bridgehead atoms. The van der Waals surface area contributed by atoms with Crippen molar-refractivity contribution in [1.82, 2.24) is 4.90 Å². The van der Waals surface area contributed by atoms with Crippen LogP contribution in [0.5, 0.6) is 5.75 Å². The van der Waals surface area contributed by atoms with Gasteiger partial charge in [-0.1, -0.05) is 61.5 Å². The highest BCUT2D eigenvalue weighted by atomic mass is 16.5. The molecular weight excluding hydrogens is 366 g/mol. The molecule has 1 atom stereocenters. The van der Waals surface area contributed by atoms with Crippen molar-refractivity contribution in [3.05, 3.63) is 89.0 Å². The average molecular weight is 400 g/mol. The van der Waals surface area contributed by atoms with Gasteiger partial charge >= 0.3 is 0 Å². The molecule has 1 aliphatic carbocycles. The second-order valence-electron chi connectivity index (χ2n) is 8.84. The van der Waals surface area contributed by atoms with Crippen LogP contribution in [0.3, 0.4) is 0 Å². The number of nitrogens with zero attached hydrogens (tertiary/aromatic N) is 1. The third kappa shape index (κ3) is 5.12. The number of hydrogen-bond acceptors (Lipinski definition) is 2. The molecule has 3 aromatic carbocycles. The van der Waals surface area contributed by atoms with Gasteiger partial charge in [0.25, 0.3) is 0 Å². The predicted molar refractivity (Wildman–Crippen MR) is 126 cm³/mol. The number of benzene rings is 3. The first kappa shape index (κ1) is 20.7. The van der Waals surface area contributed by atoms with Gasteiger partial charge in [-0.05, 0) is 91.2 Å². The molecule has 0 heterocycles. The minimum absolute atomic E-state index is 0.608. The van der Waals surface area contributed by atoms with Crippen LogP contribution in [0.1, 0.15) is 35.6 Å². The van der Waals surface area contributed by atoms with E-state index in [2.05, 4.69) is 92.6 Å². The number of aryl methyl sites for hydroxylation is 2. The quantitative estimate of drug-likeness (QED) is 0.472. The van der Waals surface area contributed by atoms with Crippen LogP contribution < -0.4 is 4.74 Å². The lowest BCUT2D eigenvalue weighted by atomic mass is 9.83. The van der Waals surface area contributed by atoms with E-state index < -0.39 is 0 Å². The number of fused-ring (bicyclic) bond motifs is 1. The summed E-state index contributed by atoms with van der Waals surface area (Å²) in [6, 6.07) is 24.2. The fourth-order valence-corrected chi connectivity index (χ4v) is 4.46. The third-order valence-corrected chi connectivity index (χ3v) is 6.19. The van der Waals surface area contributed by atoms with Crippen molar-refractivity contribution in [3.8, 4) is 16.9 Å². The van der Waals surface area contributed by atoms with Crippen molar-refractivity contribution < 1.29 is 4.74 Å². The molecule has 30 heavy (non-hydrogen) atoms. The fraction of sp³-hybridized carbons (Fsp3) is 0.357. The molecule has 0 N–H and O–H groups in total. The minimum Gasteiger partial charge on any atom is -0.489 e. The third-order valence-electron chi connectivity index (χ3n) is 6.19. The summed E-state index contributed by atoms with van der Waals surface area (Å²) < 4.78 is 6.12. The van der Waals surface area contributed by atoms with Gasteiger partial charge in [-0.3, -0.25) is 0 Å². The minimum atomic E-state index is 0.608. The van der Waals surface area contributed by atoms with E-state index in [9.17, 15) is 0 Å². The molecule has 0 aromatic heterocycles. The largest absolute Gasteiger partial charge is 0.489 e. The van der Waals surface area contributed by atoms with Crippen LogP contribution in [0.15, 0.2) is 66.7 Å². The van der Waals surface area contributed by atoms with E-state index in [1.54, 1.807) is 0 Å².